The molecule has 0 spiro atoms. The molecule has 0 aromatic heterocycles. The minimum Gasteiger partial charge on any atom is -0.431 e. The Hall–Kier alpha value is -5.06. The first-order chi connectivity index (χ1) is 26.4. The van der Waals surface area contributed by atoms with Gasteiger partial charge < -0.3 is 24.8 Å². The number of aliphatic hydroxyl groups excluding tert-OH is 1. The average molecular weight is 739 g/mol. The molecule has 0 saturated heterocycles. The third-order valence-electron chi connectivity index (χ3n) is 12.6. The number of nitrogens with zero attached hydrogens (tertiary/aromatic N) is 2. The van der Waals surface area contributed by atoms with Crippen LogP contribution in [0.2, 0.25) is 0 Å². The van der Waals surface area contributed by atoms with Gasteiger partial charge in [-0.05, 0) is 59.7 Å². The molecule has 1 aliphatic heterocycles. The fourth-order valence-corrected chi connectivity index (χ4v) is 10.0. The van der Waals surface area contributed by atoms with Gasteiger partial charge in [-0.1, -0.05) is 128 Å². The maximum atomic E-state index is 14.1. The summed E-state index contributed by atoms with van der Waals surface area (Å²) in [4.78, 5) is 27.9. The topological polar surface area (TPSA) is 138 Å². The van der Waals surface area contributed by atoms with E-state index in [-0.39, 0.29) is 19.4 Å². The second-order valence-electron chi connectivity index (χ2n) is 16.0. The Kier molecular flexibility index (Phi) is 9.12. The number of Topliss-reactive ketones (excluding diaryl/α,β-unsaturated/α-hetero) is 1. The highest BCUT2D eigenvalue weighted by Crippen LogP contribution is 2.63. The summed E-state index contributed by atoms with van der Waals surface area (Å²) >= 11 is 0. The quantitative estimate of drug-likeness (QED) is 0.0958. The first-order valence-electron chi connectivity index (χ1n) is 18.9. The van der Waals surface area contributed by atoms with Crippen LogP contribution in [0.5, 0.6) is 0 Å². The predicted octanol–water partition coefficient (Wildman–Crippen LogP) is 6.97. The third-order valence-corrected chi connectivity index (χ3v) is 12.6. The fourth-order valence-electron chi connectivity index (χ4n) is 10.0. The lowest BCUT2D eigenvalue weighted by Crippen LogP contribution is -2.68. The van der Waals surface area contributed by atoms with Crippen LogP contribution in [0.1, 0.15) is 60.7 Å². The summed E-state index contributed by atoms with van der Waals surface area (Å²) in [6.45, 7) is 4.74. The third kappa shape index (κ3) is 5.67. The van der Waals surface area contributed by atoms with Gasteiger partial charge in [-0.15, -0.1) is 5.11 Å². The van der Waals surface area contributed by atoms with Crippen molar-refractivity contribution in [3.63, 3.8) is 0 Å². The Labute approximate surface area is 321 Å². The molecule has 1 saturated carbocycles. The smallest absolute Gasteiger partial charge is 0.340 e. The Bertz CT molecular complexity index is 2080. The summed E-state index contributed by atoms with van der Waals surface area (Å²) < 4.78 is 13.6. The first kappa shape index (κ1) is 36.9. The number of hydrogen-bond donors (Lipinski definition) is 3. The molecular formula is C46H46N2O7. The van der Waals surface area contributed by atoms with Crippen molar-refractivity contribution >= 4 is 11.8 Å². The number of azo groups is 1. The van der Waals surface area contributed by atoms with Crippen molar-refractivity contribution in [1.82, 2.24) is 0 Å². The minimum atomic E-state index is -1.99. The lowest BCUT2D eigenvalue weighted by atomic mass is 9.52. The van der Waals surface area contributed by atoms with E-state index in [9.17, 15) is 24.9 Å². The molecule has 9 nitrogen and oxygen atoms in total. The van der Waals surface area contributed by atoms with Crippen molar-refractivity contribution in [1.29, 1.82) is 0 Å². The van der Waals surface area contributed by atoms with Gasteiger partial charge in [0.2, 0.25) is 5.72 Å². The predicted molar refractivity (Wildman–Crippen MR) is 206 cm³/mol. The summed E-state index contributed by atoms with van der Waals surface area (Å²) in [5.41, 5.74) is -3.80. The monoisotopic (exact) mass is 738 g/mol. The number of carbonyl (C=O) groups is 2. The zero-order valence-corrected chi connectivity index (χ0v) is 31.2. The molecule has 3 N–H and O–H groups in total. The SMILES string of the molecule is CC1=C[C@H]2[C@@]3(O)[C@H](C)C[C@@]4(OC(=O)c5ccccc5)N=NC(C)(CO)[C@H]4[C@@H]3C=C(COC(c3ccccc3)(c3ccccc3)c3ccccc3)C[C@]2(O)C1=O. The van der Waals surface area contributed by atoms with Crippen LogP contribution < -0.4 is 0 Å². The summed E-state index contributed by atoms with van der Waals surface area (Å²) in [5.74, 6) is -4.51. The second-order valence-corrected chi connectivity index (χ2v) is 16.0. The molecule has 3 aliphatic carbocycles. The van der Waals surface area contributed by atoms with Crippen molar-refractivity contribution in [3.8, 4) is 0 Å². The highest BCUT2D eigenvalue weighted by molar-refractivity contribution is 6.04. The maximum Gasteiger partial charge on any atom is 0.340 e. The van der Waals surface area contributed by atoms with Crippen LogP contribution in [0, 0.1) is 23.7 Å². The molecule has 1 fully saturated rings. The standard InChI is InChI=1S/C46H46N2O7/c1-30-24-38-43(52,40(30)50)27-32(28-54-46(34-18-10-5-11-19-34,35-20-12-6-13-21-35)36-22-14-7-15-23-36)25-37-39-42(3,29-49)47-48-44(39,26-31(2)45(37,38)53)55-41(51)33-16-8-4-9-17-33/h4-25,31,37-39,49,52-53H,26-29H2,1-3H3/t31-,37+,38-,39-,42?,43-,44+,45-/m1/s1. The number of hydrogen-bond acceptors (Lipinski definition) is 9. The van der Waals surface area contributed by atoms with E-state index in [0.29, 0.717) is 16.7 Å². The molecule has 0 bridgehead atoms. The van der Waals surface area contributed by atoms with Crippen LogP contribution in [0.15, 0.2) is 155 Å². The first-order valence-corrected chi connectivity index (χ1v) is 18.9. The molecule has 282 valence electrons. The van der Waals surface area contributed by atoms with E-state index in [2.05, 4.69) is 10.2 Å². The van der Waals surface area contributed by atoms with Crippen molar-refractivity contribution in [2.24, 2.45) is 33.9 Å². The van der Waals surface area contributed by atoms with E-state index in [1.165, 1.54) is 0 Å². The van der Waals surface area contributed by atoms with Crippen LogP contribution in [0.4, 0.5) is 0 Å². The molecule has 8 rings (SSSR count). The van der Waals surface area contributed by atoms with Crippen molar-refractivity contribution in [3.05, 3.63) is 167 Å². The zero-order chi connectivity index (χ0) is 38.6. The van der Waals surface area contributed by atoms with Gasteiger partial charge in [-0.3, -0.25) is 4.79 Å². The number of fused-ring (bicyclic) bond motifs is 5. The van der Waals surface area contributed by atoms with Gasteiger partial charge in [0.15, 0.2) is 5.78 Å². The van der Waals surface area contributed by atoms with E-state index in [0.717, 1.165) is 16.7 Å². The summed E-state index contributed by atoms with van der Waals surface area (Å²) in [6, 6.07) is 38.4. The van der Waals surface area contributed by atoms with Crippen LogP contribution in [-0.4, -0.2) is 62.8 Å². The van der Waals surface area contributed by atoms with E-state index in [4.69, 9.17) is 9.47 Å². The molecule has 9 heteroatoms. The summed E-state index contributed by atoms with van der Waals surface area (Å²) in [5, 5.41) is 46.1. The van der Waals surface area contributed by atoms with E-state index in [1.807, 2.05) is 104 Å². The van der Waals surface area contributed by atoms with Crippen LogP contribution >= 0.6 is 0 Å². The van der Waals surface area contributed by atoms with Crippen molar-refractivity contribution < 1.29 is 34.4 Å². The number of rotatable bonds is 9. The Morgan fingerprint density at radius 2 is 1.35 bits per heavy atom. The number of ether oxygens (including phenoxy) is 2. The minimum absolute atomic E-state index is 0.0470. The van der Waals surface area contributed by atoms with Crippen molar-refractivity contribution in [2.45, 2.75) is 61.7 Å². The van der Waals surface area contributed by atoms with Gasteiger partial charge in [-0.25, -0.2) is 4.79 Å². The number of ketones is 1. The Morgan fingerprint density at radius 1 is 0.818 bits per heavy atom. The van der Waals surface area contributed by atoms with E-state index < -0.39 is 70.1 Å². The normalized spacial score (nSPS) is 32.4. The number of aliphatic hydroxyl groups is 3. The lowest BCUT2D eigenvalue weighted by molar-refractivity contribution is -0.216. The van der Waals surface area contributed by atoms with Gasteiger partial charge in [0.25, 0.3) is 0 Å². The largest absolute Gasteiger partial charge is 0.431 e. The maximum absolute atomic E-state index is 14.1. The molecule has 1 unspecified atom stereocenters. The molecule has 4 aliphatic rings. The Morgan fingerprint density at radius 3 is 1.87 bits per heavy atom. The number of esters is 1. The summed E-state index contributed by atoms with van der Waals surface area (Å²) in [7, 11) is 0. The lowest BCUT2D eigenvalue weighted by Gasteiger charge is -2.57. The second kappa shape index (κ2) is 13.6. The average Bonchev–Trinajstić information content (AvgIpc) is 3.59. The number of benzene rings is 4. The van der Waals surface area contributed by atoms with Gasteiger partial charge in [-0.2, -0.15) is 5.11 Å². The molecule has 0 radical (unpaired) electrons. The van der Waals surface area contributed by atoms with Crippen molar-refractivity contribution in [2.75, 3.05) is 13.2 Å². The molecular weight excluding hydrogens is 693 g/mol. The molecule has 4 aromatic rings. The summed E-state index contributed by atoms with van der Waals surface area (Å²) in [6.07, 6.45) is 3.51. The van der Waals surface area contributed by atoms with Gasteiger partial charge in [0, 0.05) is 24.7 Å². The fraction of sp³-hybridized carbons (Fsp3) is 0.348. The number of carbonyl (C=O) groups excluding carboxylic acids is 2. The highest BCUT2D eigenvalue weighted by Gasteiger charge is 2.73. The van der Waals surface area contributed by atoms with Gasteiger partial charge in [0.1, 0.15) is 16.7 Å². The zero-order valence-electron chi connectivity index (χ0n) is 31.2. The van der Waals surface area contributed by atoms with Crippen LogP contribution in [-0.2, 0) is 19.9 Å². The molecule has 4 aromatic carbocycles. The van der Waals surface area contributed by atoms with E-state index >= 15 is 0 Å². The van der Waals surface area contributed by atoms with Crippen LogP contribution in [0.25, 0.3) is 0 Å². The van der Waals surface area contributed by atoms with Crippen LogP contribution in [0.3, 0.4) is 0 Å². The molecule has 0 amide bonds. The van der Waals surface area contributed by atoms with Gasteiger partial charge >= 0.3 is 5.97 Å². The van der Waals surface area contributed by atoms with E-state index in [1.54, 1.807) is 50.3 Å². The van der Waals surface area contributed by atoms with Gasteiger partial charge in [0.05, 0.1) is 30.3 Å². The Balaban J connectivity index is 1.29. The molecule has 55 heavy (non-hydrogen) atoms. The molecule has 8 atom stereocenters. The highest BCUT2D eigenvalue weighted by atomic mass is 16.6. The molecule has 1 heterocycles.